The van der Waals surface area contributed by atoms with Gasteiger partial charge in [0.05, 0.1) is 18.8 Å². The van der Waals surface area contributed by atoms with Gasteiger partial charge in [0, 0.05) is 13.2 Å². The number of hydrogen-bond donors (Lipinski definition) is 2. The number of nitrogens with two attached hydrogens (primary N) is 1. The number of carbonyl (C=O) groups is 1. The van der Waals surface area contributed by atoms with Crippen LogP contribution < -0.4 is 11.1 Å². The summed E-state index contributed by atoms with van der Waals surface area (Å²) in [5.41, 5.74) is 5.56. The largest absolute Gasteiger partial charge is 0.379 e. The highest BCUT2D eigenvalue weighted by atomic mass is 35.5. The number of ether oxygens (including phenoxy) is 2. The topological polar surface area (TPSA) is 73.6 Å². The first-order valence-corrected chi connectivity index (χ1v) is 6.39. The van der Waals surface area contributed by atoms with E-state index in [1.165, 1.54) is 0 Å². The lowest BCUT2D eigenvalue weighted by Crippen LogP contribution is -2.52. The van der Waals surface area contributed by atoms with Crippen LogP contribution in [0.1, 0.15) is 32.6 Å². The Balaban J connectivity index is 0.00000289. The molecule has 0 aliphatic heterocycles. The second-order valence-corrected chi connectivity index (χ2v) is 4.49. The number of hydrogen-bond acceptors (Lipinski definition) is 4. The van der Waals surface area contributed by atoms with Gasteiger partial charge in [-0.2, -0.15) is 0 Å². The standard InChI is InChI=1S/C12H24N2O3.ClH/c1-2-16-7-8-17-9-11(15)14-12(10-13)5-3-4-6-12;/h2-10,13H2,1H3,(H,14,15);1H. The van der Waals surface area contributed by atoms with Crippen LogP contribution in [0, 0.1) is 0 Å². The molecule has 1 aliphatic carbocycles. The summed E-state index contributed by atoms with van der Waals surface area (Å²) in [6.07, 6.45) is 4.24. The van der Waals surface area contributed by atoms with E-state index in [2.05, 4.69) is 5.32 Å². The van der Waals surface area contributed by atoms with Crippen molar-refractivity contribution in [2.24, 2.45) is 5.73 Å². The van der Waals surface area contributed by atoms with Gasteiger partial charge in [-0.15, -0.1) is 12.4 Å². The summed E-state index contributed by atoms with van der Waals surface area (Å²) in [4.78, 5) is 11.7. The molecule has 0 bridgehead atoms. The zero-order chi connectivity index (χ0) is 12.6. The van der Waals surface area contributed by atoms with E-state index in [0.29, 0.717) is 26.4 Å². The monoisotopic (exact) mass is 280 g/mol. The van der Waals surface area contributed by atoms with Crippen molar-refractivity contribution in [3.63, 3.8) is 0 Å². The quantitative estimate of drug-likeness (QED) is 0.647. The minimum absolute atomic E-state index is 0. The molecule has 1 fully saturated rings. The summed E-state index contributed by atoms with van der Waals surface area (Å²) >= 11 is 0. The zero-order valence-electron chi connectivity index (χ0n) is 11.1. The molecule has 108 valence electrons. The summed E-state index contributed by atoms with van der Waals surface area (Å²) in [5.74, 6) is -0.0751. The predicted octanol–water partition coefficient (Wildman–Crippen LogP) is 0.849. The predicted molar refractivity (Wildman–Crippen MR) is 73.0 cm³/mol. The molecule has 5 nitrogen and oxygen atoms in total. The molecule has 1 saturated carbocycles. The molecule has 0 radical (unpaired) electrons. The molecule has 0 aromatic heterocycles. The van der Waals surface area contributed by atoms with E-state index in [4.69, 9.17) is 15.2 Å². The summed E-state index contributed by atoms with van der Waals surface area (Å²) in [6, 6.07) is 0. The fourth-order valence-electron chi connectivity index (χ4n) is 2.19. The van der Waals surface area contributed by atoms with Crippen LogP contribution in [-0.4, -0.2) is 44.4 Å². The number of nitrogens with one attached hydrogen (secondary N) is 1. The summed E-state index contributed by atoms with van der Waals surface area (Å²) in [6.45, 7) is 4.19. The van der Waals surface area contributed by atoms with Crippen LogP contribution in [0.3, 0.4) is 0 Å². The lowest BCUT2D eigenvalue weighted by Gasteiger charge is -2.28. The van der Waals surface area contributed by atoms with Gasteiger partial charge in [0.1, 0.15) is 6.61 Å². The molecule has 0 unspecified atom stereocenters. The minimum atomic E-state index is -0.180. The summed E-state index contributed by atoms with van der Waals surface area (Å²) < 4.78 is 10.3. The molecule has 0 atom stereocenters. The van der Waals surface area contributed by atoms with Gasteiger partial charge in [-0.1, -0.05) is 12.8 Å². The van der Waals surface area contributed by atoms with Crippen molar-refractivity contribution >= 4 is 18.3 Å². The van der Waals surface area contributed by atoms with E-state index in [9.17, 15) is 4.79 Å². The molecule has 0 aromatic rings. The Labute approximate surface area is 115 Å². The van der Waals surface area contributed by atoms with Crippen molar-refractivity contribution < 1.29 is 14.3 Å². The maximum Gasteiger partial charge on any atom is 0.246 e. The summed E-state index contributed by atoms with van der Waals surface area (Å²) in [5, 5.41) is 3.00. The fraction of sp³-hybridized carbons (Fsp3) is 0.917. The van der Waals surface area contributed by atoms with Gasteiger partial charge >= 0.3 is 0 Å². The molecule has 1 amide bonds. The molecule has 1 aliphatic rings. The molecule has 0 saturated heterocycles. The molecular weight excluding hydrogens is 256 g/mol. The number of carbonyl (C=O) groups excluding carboxylic acids is 1. The fourth-order valence-corrected chi connectivity index (χ4v) is 2.19. The van der Waals surface area contributed by atoms with Crippen LogP contribution >= 0.6 is 12.4 Å². The van der Waals surface area contributed by atoms with Crippen molar-refractivity contribution in [3.8, 4) is 0 Å². The molecule has 3 N–H and O–H groups in total. The highest BCUT2D eigenvalue weighted by Gasteiger charge is 2.33. The van der Waals surface area contributed by atoms with Gasteiger partial charge in [0.2, 0.25) is 5.91 Å². The van der Waals surface area contributed by atoms with Gasteiger partial charge in [-0.3, -0.25) is 4.79 Å². The summed E-state index contributed by atoms with van der Waals surface area (Å²) in [7, 11) is 0. The van der Waals surface area contributed by atoms with E-state index >= 15 is 0 Å². The van der Waals surface area contributed by atoms with Crippen molar-refractivity contribution in [1.29, 1.82) is 0 Å². The molecule has 1 rings (SSSR count). The van der Waals surface area contributed by atoms with Gasteiger partial charge in [0.25, 0.3) is 0 Å². The van der Waals surface area contributed by atoms with E-state index in [1.807, 2.05) is 6.92 Å². The Morgan fingerprint density at radius 3 is 2.44 bits per heavy atom. The smallest absolute Gasteiger partial charge is 0.246 e. The first kappa shape index (κ1) is 17.6. The SMILES string of the molecule is CCOCCOCC(=O)NC1(CN)CCCC1.Cl. The maximum atomic E-state index is 11.7. The zero-order valence-corrected chi connectivity index (χ0v) is 11.9. The Morgan fingerprint density at radius 2 is 1.89 bits per heavy atom. The van der Waals surface area contributed by atoms with E-state index in [1.54, 1.807) is 0 Å². The van der Waals surface area contributed by atoms with Gasteiger partial charge in [-0.05, 0) is 19.8 Å². The van der Waals surface area contributed by atoms with Crippen LogP contribution in [0.15, 0.2) is 0 Å². The highest BCUT2D eigenvalue weighted by molar-refractivity contribution is 5.85. The molecular formula is C12H25ClN2O3. The minimum Gasteiger partial charge on any atom is -0.379 e. The molecule has 0 spiro atoms. The van der Waals surface area contributed by atoms with E-state index in [-0.39, 0.29) is 30.5 Å². The van der Waals surface area contributed by atoms with Gasteiger partial charge < -0.3 is 20.5 Å². The lowest BCUT2D eigenvalue weighted by molar-refractivity contribution is -0.128. The third-order valence-corrected chi connectivity index (χ3v) is 3.17. The van der Waals surface area contributed by atoms with Crippen molar-refractivity contribution in [2.45, 2.75) is 38.1 Å². The van der Waals surface area contributed by atoms with Crippen molar-refractivity contribution in [2.75, 3.05) is 33.0 Å². The Kier molecular flexibility index (Phi) is 9.36. The second kappa shape index (κ2) is 9.55. The normalized spacial score (nSPS) is 17.2. The Hall–Kier alpha value is -0.360. The van der Waals surface area contributed by atoms with E-state index < -0.39 is 0 Å². The molecule has 18 heavy (non-hydrogen) atoms. The number of halogens is 1. The van der Waals surface area contributed by atoms with E-state index in [0.717, 1.165) is 25.7 Å². The third-order valence-electron chi connectivity index (χ3n) is 3.17. The second-order valence-electron chi connectivity index (χ2n) is 4.49. The average Bonchev–Trinajstić information content (AvgIpc) is 2.78. The van der Waals surface area contributed by atoms with Crippen molar-refractivity contribution in [3.05, 3.63) is 0 Å². The van der Waals surface area contributed by atoms with Crippen LogP contribution in [0.25, 0.3) is 0 Å². The van der Waals surface area contributed by atoms with Crippen molar-refractivity contribution in [1.82, 2.24) is 5.32 Å². The van der Waals surface area contributed by atoms with Crippen LogP contribution in [0.5, 0.6) is 0 Å². The molecule has 6 heteroatoms. The Morgan fingerprint density at radius 1 is 1.28 bits per heavy atom. The van der Waals surface area contributed by atoms with Gasteiger partial charge in [0.15, 0.2) is 0 Å². The number of rotatable bonds is 8. The maximum absolute atomic E-state index is 11.7. The third kappa shape index (κ3) is 6.00. The Bertz CT molecular complexity index is 233. The van der Waals surface area contributed by atoms with Gasteiger partial charge in [-0.25, -0.2) is 0 Å². The molecule has 0 aromatic carbocycles. The highest BCUT2D eigenvalue weighted by Crippen LogP contribution is 2.28. The number of amides is 1. The average molecular weight is 281 g/mol. The first-order valence-electron chi connectivity index (χ1n) is 6.39. The molecule has 0 heterocycles. The lowest BCUT2D eigenvalue weighted by atomic mass is 9.98. The van der Waals surface area contributed by atoms with Crippen LogP contribution in [-0.2, 0) is 14.3 Å². The first-order chi connectivity index (χ1) is 8.22. The van der Waals surface area contributed by atoms with Crippen LogP contribution in [0.4, 0.5) is 0 Å². The van der Waals surface area contributed by atoms with Crippen LogP contribution in [0.2, 0.25) is 0 Å².